The van der Waals surface area contributed by atoms with Gasteiger partial charge in [0.25, 0.3) is 0 Å². The lowest BCUT2D eigenvalue weighted by Gasteiger charge is -2.20. The molecule has 1 aliphatic heterocycles. The molecule has 84 valence electrons. The molecule has 1 heterocycles. The lowest BCUT2D eigenvalue weighted by molar-refractivity contribution is -0.142. The Morgan fingerprint density at radius 2 is 2.31 bits per heavy atom. The van der Waals surface area contributed by atoms with Crippen LogP contribution < -0.4 is 0 Å². The van der Waals surface area contributed by atoms with E-state index in [0.717, 1.165) is 16.8 Å². The summed E-state index contributed by atoms with van der Waals surface area (Å²) in [5.74, 6) is -0.292. The van der Waals surface area contributed by atoms with Gasteiger partial charge >= 0.3 is 5.97 Å². The second-order valence-electron chi connectivity index (χ2n) is 3.76. The Balaban J connectivity index is 2.39. The molecular formula is C12H12ClNO2. The van der Waals surface area contributed by atoms with Gasteiger partial charge in [-0.25, -0.2) is 4.79 Å². The molecule has 1 unspecified atom stereocenters. The van der Waals surface area contributed by atoms with Crippen LogP contribution in [0.2, 0.25) is 5.02 Å². The van der Waals surface area contributed by atoms with Crippen molar-refractivity contribution in [2.75, 3.05) is 7.11 Å². The first-order chi connectivity index (χ1) is 7.61. The molecule has 0 aromatic heterocycles. The van der Waals surface area contributed by atoms with E-state index in [9.17, 15) is 4.79 Å². The number of nitrogens with zero attached hydrogens (tertiary/aromatic N) is 1. The maximum atomic E-state index is 11.4. The molecule has 1 aliphatic rings. The van der Waals surface area contributed by atoms with Crippen LogP contribution in [0.5, 0.6) is 0 Å². The Morgan fingerprint density at radius 1 is 1.56 bits per heavy atom. The third kappa shape index (κ3) is 1.95. The second kappa shape index (κ2) is 4.26. The van der Waals surface area contributed by atoms with Gasteiger partial charge in [0.15, 0.2) is 6.04 Å². The molecule has 16 heavy (non-hydrogen) atoms. The molecule has 0 fully saturated rings. The number of methoxy groups -OCH3 is 1. The van der Waals surface area contributed by atoms with Crippen LogP contribution in [-0.4, -0.2) is 24.8 Å². The normalized spacial score (nSPS) is 18.7. The molecule has 2 rings (SSSR count). The predicted octanol–water partition coefficient (Wildman–Crippen LogP) is 2.25. The number of rotatable bonds is 1. The van der Waals surface area contributed by atoms with Crippen LogP contribution in [-0.2, 0) is 16.0 Å². The molecule has 0 saturated carbocycles. The first-order valence-electron chi connectivity index (χ1n) is 5.03. The number of benzene rings is 1. The van der Waals surface area contributed by atoms with Gasteiger partial charge in [0.05, 0.1) is 7.11 Å². The minimum Gasteiger partial charge on any atom is -0.467 e. The van der Waals surface area contributed by atoms with Gasteiger partial charge in [0.1, 0.15) is 0 Å². The molecule has 0 N–H and O–H groups in total. The Morgan fingerprint density at radius 3 is 3.00 bits per heavy atom. The van der Waals surface area contributed by atoms with Crippen molar-refractivity contribution in [3.8, 4) is 0 Å². The standard InChI is InChI=1S/C12H12ClNO2/c1-7-10-6-9(13)4-3-8(10)5-11(14-7)12(15)16-2/h3-4,6,11H,5H2,1-2H3. The number of halogens is 1. The Bertz CT molecular complexity index is 468. The molecule has 1 atom stereocenters. The van der Waals surface area contributed by atoms with Crippen LogP contribution in [0.4, 0.5) is 0 Å². The van der Waals surface area contributed by atoms with Crippen molar-refractivity contribution in [3.05, 3.63) is 34.3 Å². The summed E-state index contributed by atoms with van der Waals surface area (Å²) in [6.07, 6.45) is 0.580. The van der Waals surface area contributed by atoms with Crippen molar-refractivity contribution in [1.82, 2.24) is 0 Å². The summed E-state index contributed by atoms with van der Waals surface area (Å²) < 4.78 is 4.70. The van der Waals surface area contributed by atoms with Crippen molar-refractivity contribution in [3.63, 3.8) is 0 Å². The zero-order valence-electron chi connectivity index (χ0n) is 9.16. The summed E-state index contributed by atoms with van der Waals surface area (Å²) in [6.45, 7) is 1.88. The fourth-order valence-electron chi connectivity index (χ4n) is 1.89. The van der Waals surface area contributed by atoms with Crippen LogP contribution in [0.25, 0.3) is 0 Å². The highest BCUT2D eigenvalue weighted by Gasteiger charge is 2.25. The fraction of sp³-hybridized carbons (Fsp3) is 0.333. The average molecular weight is 238 g/mol. The van der Waals surface area contributed by atoms with E-state index in [4.69, 9.17) is 16.3 Å². The van der Waals surface area contributed by atoms with Gasteiger partial charge in [-0.3, -0.25) is 4.99 Å². The lowest BCUT2D eigenvalue weighted by atomic mass is 9.94. The topological polar surface area (TPSA) is 38.7 Å². The molecule has 0 bridgehead atoms. The lowest BCUT2D eigenvalue weighted by Crippen LogP contribution is -2.28. The van der Waals surface area contributed by atoms with E-state index in [-0.39, 0.29) is 5.97 Å². The van der Waals surface area contributed by atoms with Crippen molar-refractivity contribution < 1.29 is 9.53 Å². The summed E-state index contributed by atoms with van der Waals surface area (Å²) in [7, 11) is 1.38. The van der Waals surface area contributed by atoms with Gasteiger partial charge in [-0.2, -0.15) is 0 Å². The molecule has 1 aromatic rings. The molecule has 0 spiro atoms. The van der Waals surface area contributed by atoms with E-state index in [0.29, 0.717) is 11.4 Å². The number of carbonyl (C=O) groups is 1. The zero-order chi connectivity index (χ0) is 11.7. The first kappa shape index (κ1) is 11.1. The van der Waals surface area contributed by atoms with E-state index in [2.05, 4.69) is 4.99 Å². The minimum absolute atomic E-state index is 0.292. The number of fused-ring (bicyclic) bond motifs is 1. The highest BCUT2D eigenvalue weighted by Crippen LogP contribution is 2.23. The number of hydrogen-bond acceptors (Lipinski definition) is 3. The smallest absolute Gasteiger partial charge is 0.330 e. The summed E-state index contributed by atoms with van der Waals surface area (Å²) in [6, 6.07) is 5.22. The third-order valence-corrected chi connectivity index (χ3v) is 2.93. The van der Waals surface area contributed by atoms with Crippen molar-refractivity contribution in [1.29, 1.82) is 0 Å². The molecule has 0 aliphatic carbocycles. The van der Waals surface area contributed by atoms with Crippen LogP contribution >= 0.6 is 11.6 Å². The summed E-state index contributed by atoms with van der Waals surface area (Å²) in [5.41, 5.74) is 2.94. The van der Waals surface area contributed by atoms with Crippen LogP contribution in [0.3, 0.4) is 0 Å². The maximum absolute atomic E-state index is 11.4. The maximum Gasteiger partial charge on any atom is 0.330 e. The first-order valence-corrected chi connectivity index (χ1v) is 5.40. The SMILES string of the molecule is COC(=O)C1Cc2ccc(Cl)cc2C(C)=N1. The van der Waals surface area contributed by atoms with E-state index in [1.165, 1.54) is 7.11 Å². The molecule has 3 nitrogen and oxygen atoms in total. The Hall–Kier alpha value is -1.35. The molecule has 0 amide bonds. The molecular weight excluding hydrogens is 226 g/mol. The van der Waals surface area contributed by atoms with Crippen LogP contribution in [0.1, 0.15) is 18.1 Å². The van der Waals surface area contributed by atoms with Crippen molar-refractivity contribution in [2.45, 2.75) is 19.4 Å². The quantitative estimate of drug-likeness (QED) is 0.703. The van der Waals surface area contributed by atoms with E-state index in [1.54, 1.807) is 0 Å². The van der Waals surface area contributed by atoms with Gasteiger partial charge in [0.2, 0.25) is 0 Å². The van der Waals surface area contributed by atoms with Crippen LogP contribution in [0, 0.1) is 0 Å². The zero-order valence-corrected chi connectivity index (χ0v) is 9.91. The molecule has 0 radical (unpaired) electrons. The van der Waals surface area contributed by atoms with Gasteiger partial charge in [-0.1, -0.05) is 17.7 Å². The van der Waals surface area contributed by atoms with Gasteiger partial charge < -0.3 is 4.74 Å². The number of carbonyl (C=O) groups excluding carboxylic acids is 1. The fourth-order valence-corrected chi connectivity index (χ4v) is 2.06. The summed E-state index contributed by atoms with van der Waals surface area (Å²) in [4.78, 5) is 15.8. The largest absolute Gasteiger partial charge is 0.467 e. The predicted molar refractivity (Wildman–Crippen MR) is 63.2 cm³/mol. The summed E-state index contributed by atoms with van der Waals surface area (Å²) >= 11 is 5.92. The third-order valence-electron chi connectivity index (χ3n) is 2.70. The van der Waals surface area contributed by atoms with E-state index in [1.807, 2.05) is 25.1 Å². The summed E-state index contributed by atoms with van der Waals surface area (Å²) in [5, 5.41) is 0.685. The number of esters is 1. The Kier molecular flexibility index (Phi) is 2.97. The average Bonchev–Trinajstić information content (AvgIpc) is 2.28. The van der Waals surface area contributed by atoms with Crippen LogP contribution in [0.15, 0.2) is 23.2 Å². The number of ether oxygens (including phenoxy) is 1. The highest BCUT2D eigenvalue weighted by atomic mass is 35.5. The van der Waals surface area contributed by atoms with Crippen molar-refractivity contribution >= 4 is 23.3 Å². The second-order valence-corrected chi connectivity index (χ2v) is 4.20. The van der Waals surface area contributed by atoms with Gasteiger partial charge in [-0.15, -0.1) is 0 Å². The molecule has 0 saturated heterocycles. The minimum atomic E-state index is -0.418. The van der Waals surface area contributed by atoms with E-state index >= 15 is 0 Å². The number of hydrogen-bond donors (Lipinski definition) is 0. The molecule has 4 heteroatoms. The van der Waals surface area contributed by atoms with Gasteiger partial charge in [0, 0.05) is 17.2 Å². The van der Waals surface area contributed by atoms with Gasteiger partial charge in [-0.05, 0) is 30.2 Å². The highest BCUT2D eigenvalue weighted by molar-refractivity contribution is 6.31. The Labute approximate surface area is 99.1 Å². The van der Waals surface area contributed by atoms with Crippen molar-refractivity contribution in [2.24, 2.45) is 4.99 Å². The molecule has 1 aromatic carbocycles. The van der Waals surface area contributed by atoms with E-state index < -0.39 is 6.04 Å². The monoisotopic (exact) mass is 237 g/mol. The number of aliphatic imine (C=N–C) groups is 1.